The maximum atomic E-state index is 3.79. The van der Waals surface area contributed by atoms with Gasteiger partial charge < -0.3 is 10.6 Å². The summed E-state index contributed by atoms with van der Waals surface area (Å²) in [6.07, 6.45) is 5.33. The van der Waals surface area contributed by atoms with Crippen molar-refractivity contribution in [3.05, 3.63) is 52.7 Å². The number of rotatable bonds is 8. The van der Waals surface area contributed by atoms with Gasteiger partial charge in [-0.05, 0) is 36.4 Å². The van der Waals surface area contributed by atoms with Crippen LogP contribution in [0.15, 0.2) is 52.7 Å². The first-order valence-electron chi connectivity index (χ1n) is 8.59. The summed E-state index contributed by atoms with van der Waals surface area (Å²) in [4.78, 5) is 2.80. The normalized spacial score (nSPS) is 21.4. The van der Waals surface area contributed by atoms with Gasteiger partial charge in [0.25, 0.3) is 0 Å². The van der Waals surface area contributed by atoms with Crippen LogP contribution in [0.1, 0.15) is 30.6 Å². The van der Waals surface area contributed by atoms with E-state index in [1.807, 2.05) is 23.1 Å². The zero-order chi connectivity index (χ0) is 15.7. The number of thiophene rings is 1. The Morgan fingerprint density at radius 1 is 0.957 bits per heavy atom. The lowest BCUT2D eigenvalue weighted by Crippen LogP contribution is -2.50. The molecule has 1 aromatic heterocycles. The molecule has 1 aliphatic carbocycles. The third kappa shape index (κ3) is 5.64. The molecule has 1 unspecified atom stereocenters. The Bertz CT molecular complexity index is 542. The van der Waals surface area contributed by atoms with Crippen LogP contribution in [-0.4, -0.2) is 24.4 Å². The topological polar surface area (TPSA) is 24.1 Å². The second-order valence-electron chi connectivity index (χ2n) is 6.07. The maximum Gasteiger partial charge on any atom is 0.0302 e. The first-order valence-corrected chi connectivity index (χ1v) is 10.5. The van der Waals surface area contributed by atoms with Crippen molar-refractivity contribution in [3.8, 4) is 0 Å². The summed E-state index contributed by atoms with van der Waals surface area (Å²) in [5, 5.41) is 9.73. The van der Waals surface area contributed by atoms with Crippen LogP contribution in [0.3, 0.4) is 0 Å². The highest BCUT2D eigenvalue weighted by molar-refractivity contribution is 7.99. The lowest BCUT2D eigenvalue weighted by molar-refractivity contribution is 0.287. The summed E-state index contributed by atoms with van der Waals surface area (Å²) in [5.41, 5.74) is 0. The highest BCUT2D eigenvalue weighted by atomic mass is 32.2. The van der Waals surface area contributed by atoms with E-state index in [9.17, 15) is 0 Å². The Balaban J connectivity index is 1.39. The van der Waals surface area contributed by atoms with Gasteiger partial charge in [0.1, 0.15) is 0 Å². The van der Waals surface area contributed by atoms with Crippen molar-refractivity contribution in [2.24, 2.45) is 0 Å². The predicted octanol–water partition coefficient (Wildman–Crippen LogP) is 4.53. The number of thioether (sulfide) groups is 1. The van der Waals surface area contributed by atoms with Gasteiger partial charge in [-0.1, -0.05) is 37.1 Å². The van der Waals surface area contributed by atoms with E-state index in [4.69, 9.17) is 0 Å². The molecule has 0 saturated heterocycles. The molecule has 4 heteroatoms. The van der Waals surface area contributed by atoms with Crippen molar-refractivity contribution in [1.29, 1.82) is 0 Å². The lowest BCUT2D eigenvalue weighted by atomic mass is 9.90. The molecule has 23 heavy (non-hydrogen) atoms. The van der Waals surface area contributed by atoms with E-state index >= 15 is 0 Å². The van der Waals surface area contributed by atoms with Gasteiger partial charge in [0.05, 0.1) is 0 Å². The van der Waals surface area contributed by atoms with E-state index in [1.54, 1.807) is 0 Å². The highest BCUT2D eigenvalue weighted by Gasteiger charge is 2.23. The summed E-state index contributed by atoms with van der Waals surface area (Å²) >= 11 is 3.79. The monoisotopic (exact) mass is 346 g/mol. The molecule has 124 valence electrons. The molecule has 1 saturated carbocycles. The van der Waals surface area contributed by atoms with E-state index in [2.05, 4.69) is 58.5 Å². The van der Waals surface area contributed by atoms with Crippen molar-refractivity contribution >= 4 is 23.1 Å². The zero-order valence-corrected chi connectivity index (χ0v) is 15.2. The van der Waals surface area contributed by atoms with Crippen molar-refractivity contribution in [2.45, 2.75) is 49.2 Å². The third-order valence-corrected chi connectivity index (χ3v) is 6.30. The Kier molecular flexibility index (Phi) is 7.02. The van der Waals surface area contributed by atoms with Crippen LogP contribution in [0.2, 0.25) is 0 Å². The largest absolute Gasteiger partial charge is 0.312 e. The van der Waals surface area contributed by atoms with E-state index in [0.29, 0.717) is 12.1 Å². The molecular formula is C19H26N2S2. The minimum atomic E-state index is 0.618. The third-order valence-electron chi connectivity index (χ3n) is 4.41. The van der Waals surface area contributed by atoms with Gasteiger partial charge in [0.2, 0.25) is 0 Å². The second-order valence-corrected chi connectivity index (χ2v) is 8.27. The van der Waals surface area contributed by atoms with Crippen molar-refractivity contribution in [3.63, 3.8) is 0 Å². The Labute approximate surface area is 148 Å². The van der Waals surface area contributed by atoms with Crippen molar-refractivity contribution in [1.82, 2.24) is 10.6 Å². The molecule has 1 heterocycles. The fourth-order valence-electron chi connectivity index (χ4n) is 3.19. The zero-order valence-electron chi connectivity index (χ0n) is 13.5. The Morgan fingerprint density at radius 3 is 2.48 bits per heavy atom. The van der Waals surface area contributed by atoms with E-state index in [-0.39, 0.29) is 0 Å². The molecule has 2 nitrogen and oxygen atoms in total. The fraction of sp³-hybridized carbons (Fsp3) is 0.474. The molecule has 1 aliphatic rings. The number of benzene rings is 1. The lowest BCUT2D eigenvalue weighted by Gasteiger charge is -2.33. The van der Waals surface area contributed by atoms with Crippen LogP contribution in [0.5, 0.6) is 0 Å². The summed E-state index contributed by atoms with van der Waals surface area (Å²) in [6.45, 7) is 2.10. The molecule has 0 radical (unpaired) electrons. The molecule has 0 bridgehead atoms. The van der Waals surface area contributed by atoms with Crippen LogP contribution in [-0.2, 0) is 6.54 Å². The molecule has 0 amide bonds. The van der Waals surface area contributed by atoms with Crippen LogP contribution < -0.4 is 10.6 Å². The number of hydrogen-bond donors (Lipinski definition) is 2. The van der Waals surface area contributed by atoms with Crippen LogP contribution in [0, 0.1) is 0 Å². The minimum absolute atomic E-state index is 0.618. The SMILES string of the molecule is c1ccc(SCCNC2CCCC[C@H]2NCc2cccs2)cc1. The Morgan fingerprint density at radius 2 is 1.74 bits per heavy atom. The van der Waals surface area contributed by atoms with E-state index in [1.165, 1.54) is 35.5 Å². The van der Waals surface area contributed by atoms with Crippen LogP contribution in [0.25, 0.3) is 0 Å². The average molecular weight is 347 g/mol. The summed E-state index contributed by atoms with van der Waals surface area (Å²) in [6, 6.07) is 16.3. The van der Waals surface area contributed by atoms with Crippen LogP contribution >= 0.6 is 23.1 Å². The van der Waals surface area contributed by atoms with Gasteiger partial charge in [0.15, 0.2) is 0 Å². The smallest absolute Gasteiger partial charge is 0.0302 e. The molecular weight excluding hydrogens is 320 g/mol. The van der Waals surface area contributed by atoms with Crippen LogP contribution in [0.4, 0.5) is 0 Å². The summed E-state index contributed by atoms with van der Waals surface area (Å²) < 4.78 is 0. The number of nitrogens with one attached hydrogen (secondary N) is 2. The predicted molar refractivity (Wildman–Crippen MR) is 102 cm³/mol. The Hall–Kier alpha value is -0.810. The molecule has 3 rings (SSSR count). The summed E-state index contributed by atoms with van der Waals surface area (Å²) in [5.74, 6) is 1.14. The molecule has 0 spiro atoms. The molecule has 2 atom stereocenters. The van der Waals surface area contributed by atoms with Gasteiger partial charge in [-0.2, -0.15) is 0 Å². The van der Waals surface area contributed by atoms with Gasteiger partial charge in [-0.3, -0.25) is 0 Å². The first kappa shape index (κ1) is 17.0. The van der Waals surface area contributed by atoms with Crippen molar-refractivity contribution < 1.29 is 0 Å². The summed E-state index contributed by atoms with van der Waals surface area (Å²) in [7, 11) is 0. The maximum absolute atomic E-state index is 3.79. The van der Waals surface area contributed by atoms with E-state index < -0.39 is 0 Å². The molecule has 2 aromatic rings. The molecule has 2 N–H and O–H groups in total. The van der Waals surface area contributed by atoms with Gasteiger partial charge >= 0.3 is 0 Å². The quantitative estimate of drug-likeness (QED) is 0.542. The van der Waals surface area contributed by atoms with Gasteiger partial charge in [-0.25, -0.2) is 0 Å². The second kappa shape index (κ2) is 9.48. The van der Waals surface area contributed by atoms with Gasteiger partial charge in [-0.15, -0.1) is 23.1 Å². The number of hydrogen-bond acceptors (Lipinski definition) is 4. The van der Waals surface area contributed by atoms with E-state index in [0.717, 1.165) is 18.8 Å². The molecule has 0 aliphatic heterocycles. The molecule has 1 aromatic carbocycles. The highest BCUT2D eigenvalue weighted by Crippen LogP contribution is 2.20. The average Bonchev–Trinajstić information content (AvgIpc) is 3.12. The molecule has 1 fully saturated rings. The standard InChI is InChI=1S/C19H26N2S2/c1-2-7-16(8-3-1)23-14-12-20-18-10-4-5-11-19(18)21-15-17-9-6-13-22-17/h1-3,6-9,13,18-21H,4-5,10-12,14-15H2/t18?,19-/m1/s1. The minimum Gasteiger partial charge on any atom is -0.312 e. The first-order chi connectivity index (χ1) is 11.4. The van der Waals surface area contributed by atoms with Crippen molar-refractivity contribution in [2.75, 3.05) is 12.3 Å². The fourth-order valence-corrected chi connectivity index (χ4v) is 4.66. The van der Waals surface area contributed by atoms with Gasteiger partial charge in [0, 0.05) is 40.7 Å².